The lowest BCUT2D eigenvalue weighted by Crippen LogP contribution is -2.24. The number of nitrogens with zero attached hydrogens (tertiary/aromatic N) is 2. The monoisotopic (exact) mass is 353 g/mol. The normalized spacial score (nSPS) is 12.1. The number of halogens is 1. The number of imidazole rings is 1. The van der Waals surface area contributed by atoms with Crippen LogP contribution in [-0.4, -0.2) is 23.6 Å². The highest BCUT2D eigenvalue weighted by Gasteiger charge is 2.14. The van der Waals surface area contributed by atoms with Crippen molar-refractivity contribution in [1.82, 2.24) is 14.1 Å². The summed E-state index contributed by atoms with van der Waals surface area (Å²) in [4.78, 5) is 6.25. The van der Waals surface area contributed by atoms with Crippen LogP contribution in [0.5, 0.6) is 0 Å². The molecule has 0 atom stereocenters. The SMILES string of the molecule is CCS(=O)(=O)NCc1sc2nc(-c3ccc(F)cc3)cn2c1C. The topological polar surface area (TPSA) is 63.5 Å². The summed E-state index contributed by atoms with van der Waals surface area (Å²) in [7, 11) is -3.22. The summed E-state index contributed by atoms with van der Waals surface area (Å²) in [6.07, 6.45) is 1.88. The number of nitrogens with one attached hydrogen (secondary N) is 1. The first-order chi connectivity index (χ1) is 10.9. The third-order valence-electron chi connectivity index (χ3n) is 3.63. The molecule has 1 N–H and O–H groups in total. The van der Waals surface area contributed by atoms with Crippen molar-refractivity contribution >= 4 is 26.3 Å². The maximum Gasteiger partial charge on any atom is 0.211 e. The zero-order valence-corrected chi connectivity index (χ0v) is 14.3. The number of hydrogen-bond donors (Lipinski definition) is 1. The van der Waals surface area contributed by atoms with Gasteiger partial charge in [0.2, 0.25) is 10.0 Å². The second-order valence-electron chi connectivity index (χ2n) is 5.12. The fourth-order valence-electron chi connectivity index (χ4n) is 2.20. The van der Waals surface area contributed by atoms with Crippen LogP contribution in [0, 0.1) is 12.7 Å². The molecule has 8 heteroatoms. The maximum absolute atomic E-state index is 13.0. The number of aryl methyl sites for hydroxylation is 1. The van der Waals surface area contributed by atoms with Crippen LogP contribution in [-0.2, 0) is 16.6 Å². The lowest BCUT2D eigenvalue weighted by atomic mass is 10.2. The Morgan fingerprint density at radius 3 is 2.61 bits per heavy atom. The van der Waals surface area contributed by atoms with E-state index in [2.05, 4.69) is 9.71 Å². The molecule has 1 aromatic carbocycles. The smallest absolute Gasteiger partial charge is 0.211 e. The predicted molar refractivity (Wildman–Crippen MR) is 89.5 cm³/mol. The minimum absolute atomic E-state index is 0.0588. The molecule has 2 heterocycles. The van der Waals surface area contributed by atoms with Gasteiger partial charge in [-0.3, -0.25) is 4.40 Å². The molecule has 23 heavy (non-hydrogen) atoms. The van der Waals surface area contributed by atoms with Crippen LogP contribution in [0.3, 0.4) is 0 Å². The van der Waals surface area contributed by atoms with Gasteiger partial charge in [0.1, 0.15) is 5.82 Å². The van der Waals surface area contributed by atoms with Gasteiger partial charge in [-0.05, 0) is 38.1 Å². The van der Waals surface area contributed by atoms with Gasteiger partial charge in [0.25, 0.3) is 0 Å². The third kappa shape index (κ3) is 3.29. The van der Waals surface area contributed by atoms with E-state index in [4.69, 9.17) is 0 Å². The molecule has 0 fully saturated rings. The number of aromatic nitrogens is 2. The van der Waals surface area contributed by atoms with E-state index in [0.717, 1.165) is 26.8 Å². The minimum atomic E-state index is -3.22. The second-order valence-corrected chi connectivity index (χ2v) is 8.28. The number of benzene rings is 1. The highest BCUT2D eigenvalue weighted by atomic mass is 32.2. The summed E-state index contributed by atoms with van der Waals surface area (Å²) in [5.74, 6) is -0.222. The first kappa shape index (κ1) is 16.1. The van der Waals surface area contributed by atoms with Crippen molar-refractivity contribution in [3.8, 4) is 11.3 Å². The molecule has 0 amide bonds. The lowest BCUT2D eigenvalue weighted by molar-refractivity contribution is 0.583. The number of sulfonamides is 1. The van der Waals surface area contributed by atoms with Crippen LogP contribution < -0.4 is 4.72 Å². The van der Waals surface area contributed by atoms with Crippen LogP contribution in [0.4, 0.5) is 4.39 Å². The average molecular weight is 353 g/mol. The Bertz CT molecular complexity index is 943. The summed E-state index contributed by atoms with van der Waals surface area (Å²) >= 11 is 1.44. The summed E-state index contributed by atoms with van der Waals surface area (Å²) < 4.78 is 40.6. The van der Waals surface area contributed by atoms with E-state index in [1.165, 1.54) is 23.5 Å². The molecule has 0 saturated heterocycles. The molecule has 3 rings (SSSR count). The minimum Gasteiger partial charge on any atom is -0.294 e. The molecule has 0 radical (unpaired) electrons. The molecule has 5 nitrogen and oxygen atoms in total. The fraction of sp³-hybridized carbons (Fsp3) is 0.267. The molecule has 0 aliphatic heterocycles. The van der Waals surface area contributed by atoms with Crippen LogP contribution >= 0.6 is 11.3 Å². The summed E-state index contributed by atoms with van der Waals surface area (Å²) in [6.45, 7) is 3.79. The van der Waals surface area contributed by atoms with E-state index in [0.29, 0.717) is 0 Å². The molecular weight excluding hydrogens is 337 g/mol. The van der Waals surface area contributed by atoms with Crippen LogP contribution in [0.15, 0.2) is 30.5 Å². The standard InChI is InChI=1S/C15H16FN3O2S2/c1-3-23(20,21)17-8-14-10(2)19-9-13(18-15(19)22-14)11-4-6-12(16)7-5-11/h4-7,9,17H,3,8H2,1-2H3. The first-order valence-corrected chi connectivity index (χ1v) is 9.57. The molecule has 0 saturated carbocycles. The van der Waals surface area contributed by atoms with E-state index >= 15 is 0 Å². The van der Waals surface area contributed by atoms with Gasteiger partial charge in [-0.1, -0.05) is 11.3 Å². The Balaban J connectivity index is 1.90. The molecular formula is C15H16FN3O2S2. The molecule has 0 unspecified atom stereocenters. The van der Waals surface area contributed by atoms with E-state index in [1.807, 2.05) is 17.5 Å². The lowest BCUT2D eigenvalue weighted by Gasteiger charge is -2.03. The van der Waals surface area contributed by atoms with Crippen molar-refractivity contribution in [3.63, 3.8) is 0 Å². The first-order valence-electron chi connectivity index (χ1n) is 7.10. The molecule has 0 spiro atoms. The fourth-order valence-corrected chi connectivity index (χ4v) is 3.90. The van der Waals surface area contributed by atoms with Gasteiger partial charge in [0.05, 0.1) is 11.4 Å². The van der Waals surface area contributed by atoms with E-state index < -0.39 is 10.0 Å². The second kappa shape index (κ2) is 6.03. The molecule has 0 bridgehead atoms. The Kier molecular flexibility index (Phi) is 4.22. The zero-order chi connectivity index (χ0) is 16.6. The summed E-state index contributed by atoms with van der Waals surface area (Å²) in [5, 5.41) is 0. The van der Waals surface area contributed by atoms with E-state index in [-0.39, 0.29) is 18.1 Å². The quantitative estimate of drug-likeness (QED) is 0.767. The zero-order valence-electron chi connectivity index (χ0n) is 12.7. The van der Waals surface area contributed by atoms with Gasteiger partial charge in [-0.15, -0.1) is 0 Å². The van der Waals surface area contributed by atoms with E-state index in [9.17, 15) is 12.8 Å². The van der Waals surface area contributed by atoms with Gasteiger partial charge in [0, 0.05) is 28.9 Å². The maximum atomic E-state index is 13.0. The van der Waals surface area contributed by atoms with Crippen molar-refractivity contribution in [2.75, 3.05) is 5.75 Å². The largest absolute Gasteiger partial charge is 0.294 e. The highest BCUT2D eigenvalue weighted by molar-refractivity contribution is 7.89. The average Bonchev–Trinajstić information content (AvgIpc) is 3.06. The molecule has 0 aliphatic carbocycles. The number of thiazole rings is 1. The van der Waals surface area contributed by atoms with Crippen molar-refractivity contribution in [3.05, 3.63) is 46.9 Å². The van der Waals surface area contributed by atoms with Gasteiger partial charge in [-0.2, -0.15) is 0 Å². The molecule has 2 aromatic heterocycles. The Labute approximate surface area is 137 Å². The van der Waals surface area contributed by atoms with Gasteiger partial charge in [0.15, 0.2) is 4.96 Å². The number of rotatable bonds is 5. The summed E-state index contributed by atoms with van der Waals surface area (Å²) in [5.41, 5.74) is 2.56. The van der Waals surface area contributed by atoms with Crippen LogP contribution in [0.1, 0.15) is 17.5 Å². The highest BCUT2D eigenvalue weighted by Crippen LogP contribution is 2.27. The predicted octanol–water partition coefficient (Wildman–Crippen LogP) is 2.95. The van der Waals surface area contributed by atoms with Crippen molar-refractivity contribution in [2.45, 2.75) is 20.4 Å². The number of fused-ring (bicyclic) bond motifs is 1. The Morgan fingerprint density at radius 2 is 2.00 bits per heavy atom. The number of hydrogen-bond acceptors (Lipinski definition) is 4. The molecule has 122 valence electrons. The Hall–Kier alpha value is -1.77. The Morgan fingerprint density at radius 1 is 1.30 bits per heavy atom. The third-order valence-corrected chi connectivity index (χ3v) is 6.13. The van der Waals surface area contributed by atoms with Gasteiger partial charge in [-0.25, -0.2) is 22.5 Å². The van der Waals surface area contributed by atoms with E-state index in [1.54, 1.807) is 19.1 Å². The summed E-state index contributed by atoms with van der Waals surface area (Å²) in [6, 6.07) is 6.18. The molecule has 3 aromatic rings. The van der Waals surface area contributed by atoms with Crippen molar-refractivity contribution in [2.24, 2.45) is 0 Å². The van der Waals surface area contributed by atoms with Crippen LogP contribution in [0.2, 0.25) is 0 Å². The van der Waals surface area contributed by atoms with Gasteiger partial charge < -0.3 is 0 Å². The van der Waals surface area contributed by atoms with Crippen molar-refractivity contribution in [1.29, 1.82) is 0 Å². The van der Waals surface area contributed by atoms with Crippen LogP contribution in [0.25, 0.3) is 16.2 Å². The molecule has 0 aliphatic rings. The van der Waals surface area contributed by atoms with Gasteiger partial charge >= 0.3 is 0 Å². The van der Waals surface area contributed by atoms with Crippen molar-refractivity contribution < 1.29 is 12.8 Å².